The highest BCUT2D eigenvalue weighted by atomic mass is 16.2. The molecule has 2 saturated heterocycles. The third-order valence-electron chi connectivity index (χ3n) is 4.55. The van der Waals surface area contributed by atoms with Gasteiger partial charge in [0.1, 0.15) is 0 Å². The smallest absolute Gasteiger partial charge is 0.228 e. The van der Waals surface area contributed by atoms with Crippen molar-refractivity contribution in [3.05, 3.63) is 0 Å². The Hall–Kier alpha value is -1.06. The van der Waals surface area contributed by atoms with E-state index in [1.165, 1.54) is 6.42 Å². The number of hydrogen-bond donors (Lipinski definition) is 0. The highest BCUT2D eigenvalue weighted by Gasteiger charge is 2.38. The molecule has 0 aliphatic carbocycles. The lowest BCUT2D eigenvalue weighted by molar-refractivity contribution is -0.140. The van der Waals surface area contributed by atoms with Crippen LogP contribution in [0.3, 0.4) is 0 Å². The predicted octanol–water partition coefficient (Wildman–Crippen LogP) is 1.89. The molecule has 2 aliphatic heterocycles. The van der Waals surface area contributed by atoms with E-state index in [9.17, 15) is 9.59 Å². The summed E-state index contributed by atoms with van der Waals surface area (Å²) in [6.07, 6.45) is 3.85. The molecule has 0 N–H and O–H groups in total. The topological polar surface area (TPSA) is 40.6 Å². The van der Waals surface area contributed by atoms with Gasteiger partial charge in [-0.1, -0.05) is 13.8 Å². The first kappa shape index (κ1) is 14.4. The van der Waals surface area contributed by atoms with Crippen molar-refractivity contribution in [3.8, 4) is 0 Å². The van der Waals surface area contributed by atoms with Gasteiger partial charge in [0, 0.05) is 32.1 Å². The van der Waals surface area contributed by atoms with Crippen LogP contribution in [-0.2, 0) is 9.59 Å². The molecule has 0 radical (unpaired) electrons. The quantitative estimate of drug-likeness (QED) is 0.782. The molecule has 2 amide bonds. The molecule has 2 fully saturated rings. The highest BCUT2D eigenvalue weighted by Crippen LogP contribution is 2.27. The van der Waals surface area contributed by atoms with E-state index >= 15 is 0 Å². The van der Waals surface area contributed by atoms with Gasteiger partial charge < -0.3 is 9.80 Å². The van der Waals surface area contributed by atoms with Gasteiger partial charge in [-0.25, -0.2) is 0 Å². The van der Waals surface area contributed by atoms with E-state index < -0.39 is 0 Å². The van der Waals surface area contributed by atoms with Gasteiger partial charge in [0.25, 0.3) is 0 Å². The Bertz CT molecular complexity index is 354. The van der Waals surface area contributed by atoms with Gasteiger partial charge in [-0.3, -0.25) is 9.59 Å². The van der Waals surface area contributed by atoms with Gasteiger partial charge in [0.15, 0.2) is 0 Å². The third-order valence-corrected chi connectivity index (χ3v) is 4.55. The van der Waals surface area contributed by atoms with E-state index in [1.807, 2.05) is 6.92 Å². The average molecular weight is 266 g/mol. The van der Waals surface area contributed by atoms with Crippen LogP contribution >= 0.6 is 0 Å². The van der Waals surface area contributed by atoms with Crippen molar-refractivity contribution in [2.45, 2.75) is 52.5 Å². The van der Waals surface area contributed by atoms with Crippen LogP contribution in [0.4, 0.5) is 0 Å². The summed E-state index contributed by atoms with van der Waals surface area (Å²) in [5.41, 5.74) is 0. The summed E-state index contributed by atoms with van der Waals surface area (Å²) >= 11 is 0. The maximum Gasteiger partial charge on any atom is 0.228 e. The second-order valence-electron chi connectivity index (χ2n) is 6.17. The van der Waals surface area contributed by atoms with E-state index in [0.29, 0.717) is 24.9 Å². The molecule has 0 saturated carbocycles. The average Bonchev–Trinajstić information content (AvgIpc) is 2.79. The second kappa shape index (κ2) is 5.93. The third kappa shape index (κ3) is 2.93. The number of carbonyl (C=O) groups excluding carboxylic acids is 2. The first-order valence-electron chi connectivity index (χ1n) is 7.62. The number of piperidine rings is 1. The molecule has 0 spiro atoms. The molecule has 0 aromatic rings. The van der Waals surface area contributed by atoms with Crippen LogP contribution in [-0.4, -0.2) is 47.3 Å². The summed E-state index contributed by atoms with van der Waals surface area (Å²) < 4.78 is 0. The standard InChI is InChI=1S/C15H26N2O2/c1-4-16-10-12(9-14(16)18)15(19)17-8-6-5-7-13(17)11(2)3/h11-13H,4-10H2,1-3H3/t12-,13-/m1/s1. The largest absolute Gasteiger partial charge is 0.342 e. The van der Waals surface area contributed by atoms with Gasteiger partial charge >= 0.3 is 0 Å². The Morgan fingerprint density at radius 1 is 1.37 bits per heavy atom. The van der Waals surface area contributed by atoms with Crippen molar-refractivity contribution in [3.63, 3.8) is 0 Å². The van der Waals surface area contributed by atoms with Crippen molar-refractivity contribution in [1.29, 1.82) is 0 Å². The SMILES string of the molecule is CCN1C[C@H](C(=O)N2CCCC[C@@H]2C(C)C)CC1=O. The first-order valence-corrected chi connectivity index (χ1v) is 7.62. The lowest BCUT2D eigenvalue weighted by Crippen LogP contribution is -2.49. The maximum absolute atomic E-state index is 12.7. The van der Waals surface area contributed by atoms with Crippen LogP contribution in [0, 0.1) is 11.8 Å². The minimum atomic E-state index is -0.105. The van der Waals surface area contributed by atoms with E-state index in [-0.39, 0.29) is 17.7 Å². The van der Waals surface area contributed by atoms with E-state index in [4.69, 9.17) is 0 Å². The summed E-state index contributed by atoms with van der Waals surface area (Å²) in [5.74, 6) is 0.747. The Morgan fingerprint density at radius 3 is 2.68 bits per heavy atom. The zero-order valence-corrected chi connectivity index (χ0v) is 12.4. The Morgan fingerprint density at radius 2 is 2.11 bits per heavy atom. The van der Waals surface area contributed by atoms with Crippen LogP contribution in [0.5, 0.6) is 0 Å². The monoisotopic (exact) mass is 266 g/mol. The first-order chi connectivity index (χ1) is 9.04. The minimum absolute atomic E-state index is 0.105. The summed E-state index contributed by atoms with van der Waals surface area (Å²) in [5, 5.41) is 0. The van der Waals surface area contributed by atoms with Gasteiger partial charge in [-0.15, -0.1) is 0 Å². The summed E-state index contributed by atoms with van der Waals surface area (Å²) in [6, 6.07) is 0.368. The predicted molar refractivity (Wildman–Crippen MR) is 74.6 cm³/mol. The summed E-state index contributed by atoms with van der Waals surface area (Å²) in [6.45, 7) is 8.57. The fourth-order valence-corrected chi connectivity index (χ4v) is 3.40. The Kier molecular flexibility index (Phi) is 4.48. The fourth-order valence-electron chi connectivity index (χ4n) is 3.40. The van der Waals surface area contributed by atoms with Crippen LogP contribution in [0.15, 0.2) is 0 Å². The summed E-state index contributed by atoms with van der Waals surface area (Å²) in [7, 11) is 0. The number of nitrogens with zero attached hydrogens (tertiary/aromatic N) is 2. The molecule has 2 atom stereocenters. The lowest BCUT2D eigenvalue weighted by atomic mass is 9.91. The molecule has 108 valence electrons. The van der Waals surface area contributed by atoms with Crippen LogP contribution in [0.25, 0.3) is 0 Å². The molecule has 2 aliphatic rings. The Labute approximate surface area is 116 Å². The van der Waals surface area contributed by atoms with Crippen LogP contribution in [0.2, 0.25) is 0 Å². The van der Waals surface area contributed by atoms with Crippen molar-refractivity contribution >= 4 is 11.8 Å². The van der Waals surface area contributed by atoms with Gasteiger partial charge in [0.2, 0.25) is 11.8 Å². The molecule has 0 unspecified atom stereocenters. The number of hydrogen-bond acceptors (Lipinski definition) is 2. The van der Waals surface area contributed by atoms with Crippen molar-refractivity contribution in [2.24, 2.45) is 11.8 Å². The van der Waals surface area contributed by atoms with Gasteiger partial charge in [0.05, 0.1) is 5.92 Å². The molecule has 4 heteroatoms. The van der Waals surface area contributed by atoms with E-state index in [0.717, 1.165) is 25.9 Å². The van der Waals surface area contributed by atoms with Crippen LogP contribution in [0.1, 0.15) is 46.5 Å². The second-order valence-corrected chi connectivity index (χ2v) is 6.17. The molecule has 2 heterocycles. The molecule has 0 aromatic heterocycles. The molecule has 4 nitrogen and oxygen atoms in total. The molecule has 2 rings (SSSR count). The zero-order valence-electron chi connectivity index (χ0n) is 12.4. The fraction of sp³-hybridized carbons (Fsp3) is 0.867. The number of carbonyl (C=O) groups is 2. The van der Waals surface area contributed by atoms with Crippen LogP contribution < -0.4 is 0 Å². The number of amides is 2. The van der Waals surface area contributed by atoms with Crippen molar-refractivity contribution in [2.75, 3.05) is 19.6 Å². The van der Waals surface area contributed by atoms with Gasteiger partial charge in [-0.2, -0.15) is 0 Å². The molecule has 19 heavy (non-hydrogen) atoms. The molecular weight excluding hydrogens is 240 g/mol. The molecule has 0 aromatic carbocycles. The summed E-state index contributed by atoms with van der Waals surface area (Å²) in [4.78, 5) is 28.3. The molecular formula is C15H26N2O2. The minimum Gasteiger partial charge on any atom is -0.342 e. The molecule has 0 bridgehead atoms. The highest BCUT2D eigenvalue weighted by molar-refractivity contribution is 5.89. The van der Waals surface area contributed by atoms with Gasteiger partial charge in [-0.05, 0) is 32.1 Å². The van der Waals surface area contributed by atoms with Crippen molar-refractivity contribution < 1.29 is 9.59 Å². The Balaban J connectivity index is 2.04. The maximum atomic E-state index is 12.7. The zero-order chi connectivity index (χ0) is 14.0. The lowest BCUT2D eigenvalue weighted by Gasteiger charge is -2.39. The number of rotatable bonds is 3. The van der Waals surface area contributed by atoms with E-state index in [2.05, 4.69) is 18.7 Å². The number of likely N-dealkylation sites (tertiary alicyclic amines) is 2. The van der Waals surface area contributed by atoms with Crippen molar-refractivity contribution in [1.82, 2.24) is 9.80 Å². The van der Waals surface area contributed by atoms with E-state index in [1.54, 1.807) is 4.90 Å². The normalized spacial score (nSPS) is 28.3.